The van der Waals surface area contributed by atoms with E-state index in [2.05, 4.69) is 20.6 Å². The predicted octanol–water partition coefficient (Wildman–Crippen LogP) is 4.47. The van der Waals surface area contributed by atoms with Crippen molar-refractivity contribution < 1.29 is 18.7 Å². The number of aromatic nitrogens is 2. The fraction of sp³-hybridized carbons (Fsp3) is 0.179. The van der Waals surface area contributed by atoms with Gasteiger partial charge in [0.15, 0.2) is 0 Å². The number of carbonyl (C=O) groups is 2. The number of fused-ring (bicyclic) bond motifs is 1. The fourth-order valence-corrected chi connectivity index (χ4v) is 3.47. The fourth-order valence-electron chi connectivity index (χ4n) is 3.47. The van der Waals surface area contributed by atoms with Crippen LogP contribution in [0.15, 0.2) is 83.1 Å². The van der Waals surface area contributed by atoms with Crippen molar-refractivity contribution in [2.75, 3.05) is 6.54 Å². The molecule has 36 heavy (non-hydrogen) atoms. The van der Waals surface area contributed by atoms with E-state index in [0.717, 1.165) is 28.2 Å². The van der Waals surface area contributed by atoms with Gasteiger partial charge >= 0.3 is 0 Å². The Balaban J connectivity index is 1.44. The lowest BCUT2D eigenvalue weighted by Crippen LogP contribution is -2.35. The largest absolute Gasteiger partial charge is 0.491 e. The summed E-state index contributed by atoms with van der Waals surface area (Å²) in [7, 11) is 0. The van der Waals surface area contributed by atoms with Crippen molar-refractivity contribution in [1.82, 2.24) is 20.6 Å². The number of carbonyl (C=O) groups excluding carboxylic acids is 2. The van der Waals surface area contributed by atoms with Gasteiger partial charge in [0.05, 0.1) is 23.4 Å². The number of amides is 2. The molecule has 0 saturated heterocycles. The molecule has 2 aromatic carbocycles. The van der Waals surface area contributed by atoms with Gasteiger partial charge in [-0.3, -0.25) is 9.59 Å². The van der Waals surface area contributed by atoms with Crippen LogP contribution in [0, 0.1) is 0 Å². The molecular formula is C28H28N4O4. The third-order valence-corrected chi connectivity index (χ3v) is 5.09. The highest BCUT2D eigenvalue weighted by Gasteiger charge is 2.13. The Bertz CT molecular complexity index is 1330. The number of nitrogens with zero attached hydrogens (tertiary/aromatic N) is 1. The van der Waals surface area contributed by atoms with E-state index in [9.17, 15) is 9.59 Å². The standard InChI is InChI=1S/C28H28N4O4/c1-19(2)36-22-11-9-20(10-12-22)18-25(32-27(33)14-13-21-6-5-17-35-21)28(34)29-16-15-26-30-23-7-3-4-8-24(23)31-26/h3-14,17-19H,15-16H2,1-2H3,(H,29,34)(H,30,31)(H,32,33)/b14-13+,25-18-. The Morgan fingerprint density at radius 1 is 1.08 bits per heavy atom. The van der Waals surface area contributed by atoms with Gasteiger partial charge in [0.2, 0.25) is 5.91 Å². The Morgan fingerprint density at radius 2 is 1.89 bits per heavy atom. The van der Waals surface area contributed by atoms with Crippen molar-refractivity contribution in [3.05, 3.63) is 95.8 Å². The summed E-state index contributed by atoms with van der Waals surface area (Å²) in [5.41, 5.74) is 2.68. The highest BCUT2D eigenvalue weighted by atomic mass is 16.5. The molecule has 3 N–H and O–H groups in total. The molecule has 0 unspecified atom stereocenters. The zero-order valence-electron chi connectivity index (χ0n) is 20.2. The molecule has 0 atom stereocenters. The van der Waals surface area contributed by atoms with E-state index >= 15 is 0 Å². The predicted molar refractivity (Wildman–Crippen MR) is 139 cm³/mol. The smallest absolute Gasteiger partial charge is 0.267 e. The second-order valence-corrected chi connectivity index (χ2v) is 8.34. The van der Waals surface area contributed by atoms with Gasteiger partial charge < -0.3 is 24.8 Å². The molecule has 0 aliphatic heterocycles. The number of ether oxygens (including phenoxy) is 1. The van der Waals surface area contributed by atoms with E-state index < -0.39 is 11.8 Å². The van der Waals surface area contributed by atoms with Crippen LogP contribution in [0.2, 0.25) is 0 Å². The van der Waals surface area contributed by atoms with Gasteiger partial charge in [-0.25, -0.2) is 4.98 Å². The molecule has 4 aromatic rings. The minimum Gasteiger partial charge on any atom is -0.491 e. The van der Waals surface area contributed by atoms with Gasteiger partial charge in [0.25, 0.3) is 5.91 Å². The van der Waals surface area contributed by atoms with Crippen molar-refractivity contribution in [1.29, 1.82) is 0 Å². The van der Waals surface area contributed by atoms with Crippen LogP contribution >= 0.6 is 0 Å². The van der Waals surface area contributed by atoms with Crippen LogP contribution in [0.25, 0.3) is 23.2 Å². The van der Waals surface area contributed by atoms with E-state index in [4.69, 9.17) is 9.15 Å². The van der Waals surface area contributed by atoms with Crippen LogP contribution in [0.1, 0.15) is 31.0 Å². The summed E-state index contributed by atoms with van der Waals surface area (Å²) >= 11 is 0. The summed E-state index contributed by atoms with van der Waals surface area (Å²) in [6, 6.07) is 18.5. The highest BCUT2D eigenvalue weighted by Crippen LogP contribution is 2.16. The first kappa shape index (κ1) is 24.5. The number of hydrogen-bond acceptors (Lipinski definition) is 5. The molecule has 8 heteroatoms. The summed E-state index contributed by atoms with van der Waals surface area (Å²) in [5, 5.41) is 5.53. The maximum absolute atomic E-state index is 13.0. The van der Waals surface area contributed by atoms with Gasteiger partial charge in [-0.15, -0.1) is 0 Å². The minimum atomic E-state index is -0.454. The van der Waals surface area contributed by atoms with Crippen molar-refractivity contribution in [2.45, 2.75) is 26.4 Å². The Kier molecular flexibility index (Phi) is 7.97. The summed E-state index contributed by atoms with van der Waals surface area (Å²) in [4.78, 5) is 33.3. The zero-order chi connectivity index (χ0) is 25.3. The monoisotopic (exact) mass is 484 g/mol. The third kappa shape index (κ3) is 6.96. The van der Waals surface area contributed by atoms with Crippen LogP contribution < -0.4 is 15.4 Å². The number of aromatic amines is 1. The van der Waals surface area contributed by atoms with E-state index in [1.54, 1.807) is 18.2 Å². The van der Waals surface area contributed by atoms with Crippen LogP contribution in [-0.4, -0.2) is 34.4 Å². The van der Waals surface area contributed by atoms with Gasteiger partial charge in [0, 0.05) is 19.0 Å². The molecular weight excluding hydrogens is 456 g/mol. The molecule has 4 rings (SSSR count). The number of benzene rings is 2. The molecule has 0 spiro atoms. The topological polar surface area (TPSA) is 109 Å². The first-order valence-electron chi connectivity index (χ1n) is 11.7. The summed E-state index contributed by atoms with van der Waals surface area (Å²) < 4.78 is 10.9. The summed E-state index contributed by atoms with van der Waals surface area (Å²) in [6.45, 7) is 4.25. The second kappa shape index (κ2) is 11.7. The molecule has 0 bridgehead atoms. The maximum Gasteiger partial charge on any atom is 0.267 e. The SMILES string of the molecule is CC(C)Oc1ccc(/C=C(\NC(=O)/C=C/c2ccco2)C(=O)NCCc2nc3ccccc3[nH]2)cc1. The Labute approximate surface area is 209 Å². The third-order valence-electron chi connectivity index (χ3n) is 5.09. The zero-order valence-corrected chi connectivity index (χ0v) is 20.2. The molecule has 0 aliphatic rings. The average molecular weight is 485 g/mol. The Morgan fingerprint density at radius 3 is 2.61 bits per heavy atom. The van der Waals surface area contributed by atoms with Crippen molar-refractivity contribution >= 4 is 35.0 Å². The molecule has 2 aromatic heterocycles. The van der Waals surface area contributed by atoms with Gasteiger partial charge in [-0.2, -0.15) is 0 Å². The molecule has 2 amide bonds. The molecule has 184 valence electrons. The lowest BCUT2D eigenvalue weighted by atomic mass is 10.1. The van der Waals surface area contributed by atoms with Crippen LogP contribution in [-0.2, 0) is 16.0 Å². The molecule has 0 radical (unpaired) electrons. The lowest BCUT2D eigenvalue weighted by molar-refractivity contribution is -0.121. The van der Waals surface area contributed by atoms with Crippen molar-refractivity contribution in [3.63, 3.8) is 0 Å². The maximum atomic E-state index is 13.0. The molecule has 0 aliphatic carbocycles. The van der Waals surface area contributed by atoms with Crippen molar-refractivity contribution in [3.8, 4) is 5.75 Å². The van der Waals surface area contributed by atoms with Crippen LogP contribution in [0.3, 0.4) is 0 Å². The highest BCUT2D eigenvalue weighted by molar-refractivity contribution is 6.04. The average Bonchev–Trinajstić information content (AvgIpc) is 3.52. The minimum absolute atomic E-state index is 0.0553. The number of H-pyrrole nitrogens is 1. The molecule has 2 heterocycles. The Hall–Kier alpha value is -4.59. The van der Waals surface area contributed by atoms with E-state index in [1.807, 2.05) is 62.4 Å². The van der Waals surface area contributed by atoms with Crippen LogP contribution in [0.4, 0.5) is 0 Å². The van der Waals surface area contributed by atoms with Crippen LogP contribution in [0.5, 0.6) is 5.75 Å². The number of hydrogen-bond donors (Lipinski definition) is 3. The number of rotatable bonds is 10. The lowest BCUT2D eigenvalue weighted by Gasteiger charge is -2.11. The molecule has 8 nitrogen and oxygen atoms in total. The van der Waals surface area contributed by atoms with Gasteiger partial charge in [-0.05, 0) is 68.0 Å². The quantitative estimate of drug-likeness (QED) is 0.288. The van der Waals surface area contributed by atoms with E-state index in [-0.39, 0.29) is 11.8 Å². The summed E-state index contributed by atoms with van der Waals surface area (Å²) in [6.07, 6.45) is 6.55. The second-order valence-electron chi connectivity index (χ2n) is 8.34. The number of nitrogens with one attached hydrogen (secondary N) is 3. The van der Waals surface area contributed by atoms with Gasteiger partial charge in [0.1, 0.15) is 23.0 Å². The normalized spacial score (nSPS) is 11.8. The summed E-state index contributed by atoms with van der Waals surface area (Å²) in [5.74, 6) is 1.17. The molecule has 0 saturated carbocycles. The number of imidazole rings is 1. The van der Waals surface area contributed by atoms with E-state index in [0.29, 0.717) is 18.7 Å². The number of para-hydroxylation sites is 2. The molecule has 0 fully saturated rings. The van der Waals surface area contributed by atoms with Gasteiger partial charge in [-0.1, -0.05) is 24.3 Å². The number of furan rings is 1. The first-order chi connectivity index (χ1) is 17.5. The van der Waals surface area contributed by atoms with E-state index in [1.165, 1.54) is 18.4 Å². The van der Waals surface area contributed by atoms with Crippen molar-refractivity contribution in [2.24, 2.45) is 0 Å². The first-order valence-corrected chi connectivity index (χ1v) is 11.7.